The second-order valence-electron chi connectivity index (χ2n) is 11.4. The minimum absolute atomic E-state index is 0.0406. The number of likely N-dealkylation sites (tertiary alicyclic amines) is 1. The number of aryl methyl sites for hydroxylation is 1. The number of pyridine rings is 1. The van der Waals surface area contributed by atoms with Crippen molar-refractivity contribution in [2.75, 3.05) is 29.5 Å². The molecule has 0 saturated carbocycles. The number of piperidine rings is 1. The number of halogens is 1. The number of carbonyl (C=O) groups is 2. The number of anilines is 1. The number of carbonyl (C=O) groups excluding carboxylic acids is 2. The maximum absolute atomic E-state index is 14.2. The SMILES string of the molecule is CCS(=O)(=O)CCn1c(CN2C(=O)C3(CCN(C(=O)OC(C)(C)C)CC3)c3ccncc32)nc2cc(Cl)ccc21. The summed E-state index contributed by atoms with van der Waals surface area (Å²) in [5.41, 5.74) is 1.59. The lowest BCUT2D eigenvalue weighted by molar-refractivity contribution is -0.125. The van der Waals surface area contributed by atoms with Crippen molar-refractivity contribution in [2.45, 2.75) is 64.6 Å². The highest BCUT2D eigenvalue weighted by atomic mass is 35.5. The number of hydrogen-bond acceptors (Lipinski definition) is 7. The molecular weight excluding hydrogens is 554 g/mol. The highest BCUT2D eigenvalue weighted by Crippen LogP contribution is 2.48. The number of nitrogens with zero attached hydrogens (tertiary/aromatic N) is 5. The maximum Gasteiger partial charge on any atom is 0.410 e. The van der Waals surface area contributed by atoms with Crippen LogP contribution in [0.4, 0.5) is 10.5 Å². The van der Waals surface area contributed by atoms with Crippen LogP contribution in [0, 0.1) is 0 Å². The zero-order valence-corrected chi connectivity index (χ0v) is 24.8. The molecule has 12 heteroatoms. The molecule has 2 aromatic heterocycles. The Kier molecular flexibility index (Phi) is 7.33. The summed E-state index contributed by atoms with van der Waals surface area (Å²) in [6.45, 7) is 8.26. The lowest BCUT2D eigenvalue weighted by Crippen LogP contribution is -2.51. The van der Waals surface area contributed by atoms with Gasteiger partial charge < -0.3 is 19.1 Å². The fourth-order valence-corrected chi connectivity index (χ4v) is 6.48. The van der Waals surface area contributed by atoms with Crippen LogP contribution in [0.1, 0.15) is 51.9 Å². The topological polar surface area (TPSA) is 115 Å². The first-order chi connectivity index (χ1) is 18.8. The van der Waals surface area contributed by atoms with Crippen molar-refractivity contribution in [3.63, 3.8) is 0 Å². The van der Waals surface area contributed by atoms with Crippen molar-refractivity contribution in [3.05, 3.63) is 53.1 Å². The van der Waals surface area contributed by atoms with Crippen LogP contribution in [0.15, 0.2) is 36.7 Å². The average Bonchev–Trinajstić information content (AvgIpc) is 3.35. The summed E-state index contributed by atoms with van der Waals surface area (Å²) in [6.07, 6.45) is 3.91. The molecule has 0 bridgehead atoms. The first-order valence-corrected chi connectivity index (χ1v) is 15.6. The molecule has 2 amide bonds. The second kappa shape index (κ2) is 10.3. The standard InChI is InChI=1S/C28H34ClN5O5S/c1-5-40(37,38)15-14-33-22-7-6-19(29)16-21(22)31-24(33)18-34-23-17-30-11-8-20(23)28(25(34)35)9-12-32(13-10-28)26(36)39-27(2,3)4/h6-8,11,16-17H,5,9-10,12-15,18H2,1-4H3. The Morgan fingerprint density at radius 2 is 1.90 bits per heavy atom. The van der Waals surface area contributed by atoms with E-state index in [0.29, 0.717) is 48.0 Å². The number of ether oxygens (including phenoxy) is 1. The van der Waals surface area contributed by atoms with E-state index in [1.807, 2.05) is 37.5 Å². The number of aromatic nitrogens is 3. The molecule has 3 aromatic rings. The lowest BCUT2D eigenvalue weighted by atomic mass is 9.74. The van der Waals surface area contributed by atoms with Gasteiger partial charge in [-0.05, 0) is 63.4 Å². The summed E-state index contributed by atoms with van der Waals surface area (Å²) in [5, 5.41) is 0.521. The number of benzene rings is 1. The minimum Gasteiger partial charge on any atom is -0.444 e. The van der Waals surface area contributed by atoms with Gasteiger partial charge in [-0.3, -0.25) is 9.78 Å². The summed E-state index contributed by atoms with van der Waals surface area (Å²) in [4.78, 5) is 39.3. The first kappa shape index (κ1) is 28.4. The summed E-state index contributed by atoms with van der Waals surface area (Å²) < 4.78 is 32.1. The van der Waals surface area contributed by atoms with Gasteiger partial charge in [-0.2, -0.15) is 0 Å². The molecule has 1 fully saturated rings. The van der Waals surface area contributed by atoms with Crippen molar-refractivity contribution in [1.29, 1.82) is 0 Å². The van der Waals surface area contributed by atoms with Gasteiger partial charge >= 0.3 is 6.09 Å². The van der Waals surface area contributed by atoms with Crippen LogP contribution < -0.4 is 4.90 Å². The van der Waals surface area contributed by atoms with E-state index in [1.54, 1.807) is 41.2 Å². The third kappa shape index (κ3) is 5.28. The Bertz CT molecular complexity index is 1570. The van der Waals surface area contributed by atoms with E-state index in [-0.39, 0.29) is 36.6 Å². The van der Waals surface area contributed by atoms with Gasteiger partial charge in [0.15, 0.2) is 9.84 Å². The number of rotatable bonds is 6. The smallest absolute Gasteiger partial charge is 0.410 e. The van der Waals surface area contributed by atoms with Crippen LogP contribution in [0.25, 0.3) is 11.0 Å². The van der Waals surface area contributed by atoms with Gasteiger partial charge in [0.2, 0.25) is 5.91 Å². The van der Waals surface area contributed by atoms with Gasteiger partial charge in [-0.25, -0.2) is 18.2 Å². The van der Waals surface area contributed by atoms with Gasteiger partial charge in [0.25, 0.3) is 0 Å². The molecule has 5 rings (SSSR count). The molecule has 1 aromatic carbocycles. The van der Waals surface area contributed by atoms with Crippen LogP contribution in [0.5, 0.6) is 0 Å². The van der Waals surface area contributed by atoms with E-state index in [0.717, 1.165) is 11.1 Å². The number of amides is 2. The van der Waals surface area contributed by atoms with E-state index >= 15 is 0 Å². The van der Waals surface area contributed by atoms with Gasteiger partial charge in [0.05, 0.1) is 40.6 Å². The van der Waals surface area contributed by atoms with E-state index in [2.05, 4.69) is 4.98 Å². The van der Waals surface area contributed by atoms with Crippen LogP contribution in [-0.2, 0) is 37.9 Å². The van der Waals surface area contributed by atoms with Crippen LogP contribution in [-0.4, -0.2) is 70.0 Å². The Morgan fingerprint density at radius 1 is 1.18 bits per heavy atom. The molecule has 2 aliphatic heterocycles. The monoisotopic (exact) mass is 587 g/mol. The van der Waals surface area contributed by atoms with Gasteiger partial charge in [-0.1, -0.05) is 18.5 Å². The third-order valence-corrected chi connectivity index (χ3v) is 9.60. The Labute approximate surface area is 239 Å². The van der Waals surface area contributed by atoms with Crippen molar-refractivity contribution < 1.29 is 22.7 Å². The van der Waals surface area contributed by atoms with Crippen LogP contribution >= 0.6 is 11.6 Å². The molecule has 2 aliphatic rings. The molecule has 1 saturated heterocycles. The largest absolute Gasteiger partial charge is 0.444 e. The van der Waals surface area contributed by atoms with Crippen LogP contribution in [0.3, 0.4) is 0 Å². The van der Waals surface area contributed by atoms with E-state index in [1.165, 1.54) is 0 Å². The normalized spacial score (nSPS) is 17.1. The molecule has 0 atom stereocenters. The van der Waals surface area contributed by atoms with Crippen LogP contribution in [0.2, 0.25) is 5.02 Å². The Morgan fingerprint density at radius 3 is 2.58 bits per heavy atom. The molecule has 10 nitrogen and oxygen atoms in total. The lowest BCUT2D eigenvalue weighted by Gasteiger charge is -2.38. The van der Waals surface area contributed by atoms with Crippen molar-refractivity contribution in [1.82, 2.24) is 19.4 Å². The van der Waals surface area contributed by atoms with E-state index in [9.17, 15) is 18.0 Å². The number of imidazole rings is 1. The number of fused-ring (bicyclic) bond motifs is 3. The highest BCUT2D eigenvalue weighted by molar-refractivity contribution is 7.91. The van der Waals surface area contributed by atoms with Gasteiger partial charge in [0.1, 0.15) is 11.4 Å². The first-order valence-electron chi connectivity index (χ1n) is 13.4. The zero-order chi connectivity index (χ0) is 28.9. The summed E-state index contributed by atoms with van der Waals surface area (Å²) >= 11 is 6.22. The molecule has 214 valence electrons. The fourth-order valence-electron chi connectivity index (χ4n) is 5.57. The summed E-state index contributed by atoms with van der Waals surface area (Å²) in [7, 11) is -3.23. The predicted molar refractivity (Wildman–Crippen MR) is 153 cm³/mol. The second-order valence-corrected chi connectivity index (χ2v) is 14.3. The quantitative estimate of drug-likeness (QED) is 0.421. The van der Waals surface area contributed by atoms with Crippen molar-refractivity contribution in [2.24, 2.45) is 0 Å². The predicted octanol–water partition coefficient (Wildman–Crippen LogP) is 4.33. The molecular formula is C28H34ClN5O5S. The fraction of sp³-hybridized carbons (Fsp3) is 0.500. The molecule has 1 spiro atoms. The van der Waals surface area contributed by atoms with Gasteiger partial charge in [-0.15, -0.1) is 0 Å². The molecule has 0 N–H and O–H groups in total. The Balaban J connectivity index is 1.46. The number of sulfone groups is 1. The van der Waals surface area contributed by atoms with E-state index < -0.39 is 20.9 Å². The summed E-state index contributed by atoms with van der Waals surface area (Å²) in [6, 6.07) is 7.18. The molecule has 4 heterocycles. The maximum atomic E-state index is 14.2. The highest BCUT2D eigenvalue weighted by Gasteiger charge is 2.53. The average molecular weight is 588 g/mol. The summed E-state index contributed by atoms with van der Waals surface area (Å²) in [5.74, 6) is 0.501. The molecule has 0 radical (unpaired) electrons. The minimum atomic E-state index is -3.23. The van der Waals surface area contributed by atoms with E-state index in [4.69, 9.17) is 21.3 Å². The Hall–Kier alpha value is -3.18. The molecule has 0 aliphatic carbocycles. The molecule has 0 unspecified atom stereocenters. The number of hydrogen-bond donors (Lipinski definition) is 0. The zero-order valence-electron chi connectivity index (χ0n) is 23.2. The van der Waals surface area contributed by atoms with Gasteiger partial charge in [0, 0.05) is 36.6 Å². The van der Waals surface area contributed by atoms with Crippen molar-refractivity contribution >= 4 is 50.2 Å². The van der Waals surface area contributed by atoms with Crippen molar-refractivity contribution in [3.8, 4) is 0 Å². The molecule has 40 heavy (non-hydrogen) atoms. The third-order valence-electron chi connectivity index (χ3n) is 7.68.